The van der Waals surface area contributed by atoms with Crippen molar-refractivity contribution in [3.05, 3.63) is 64.1 Å². The van der Waals surface area contributed by atoms with Crippen LogP contribution < -0.4 is 5.32 Å². The van der Waals surface area contributed by atoms with E-state index in [0.29, 0.717) is 21.3 Å². The van der Waals surface area contributed by atoms with E-state index >= 15 is 0 Å². The molecule has 0 saturated carbocycles. The lowest BCUT2D eigenvalue weighted by molar-refractivity contribution is -0.162. The third-order valence-corrected chi connectivity index (χ3v) is 3.57. The molecule has 7 heteroatoms. The van der Waals surface area contributed by atoms with Crippen LogP contribution in [0.15, 0.2) is 48.5 Å². The lowest BCUT2D eigenvalue weighted by Crippen LogP contribution is -2.31. The summed E-state index contributed by atoms with van der Waals surface area (Å²) < 4.78 is 4.99. The summed E-state index contributed by atoms with van der Waals surface area (Å²) in [5.41, 5.74) is 0.765. The molecule has 2 atom stereocenters. The van der Waals surface area contributed by atoms with Crippen LogP contribution in [0.1, 0.15) is 18.6 Å². The van der Waals surface area contributed by atoms with Gasteiger partial charge in [0, 0.05) is 15.7 Å². The molecule has 2 aromatic carbocycles. The molecule has 2 aromatic rings. The van der Waals surface area contributed by atoms with Crippen LogP contribution in [-0.4, -0.2) is 23.1 Å². The number of esters is 1. The Morgan fingerprint density at radius 2 is 1.67 bits per heavy atom. The molecule has 0 fully saturated rings. The molecule has 5 nitrogen and oxygen atoms in total. The van der Waals surface area contributed by atoms with Crippen molar-refractivity contribution in [2.45, 2.75) is 19.1 Å². The van der Waals surface area contributed by atoms with E-state index in [1.807, 2.05) is 0 Å². The molecule has 0 aromatic heterocycles. The van der Waals surface area contributed by atoms with E-state index in [4.69, 9.17) is 27.9 Å². The molecule has 24 heavy (non-hydrogen) atoms. The van der Waals surface area contributed by atoms with Crippen LogP contribution in [0.3, 0.4) is 0 Å². The van der Waals surface area contributed by atoms with Crippen LogP contribution in [0, 0.1) is 0 Å². The van der Waals surface area contributed by atoms with Gasteiger partial charge < -0.3 is 15.2 Å². The zero-order chi connectivity index (χ0) is 17.7. The molecule has 0 heterocycles. The Hall–Kier alpha value is -2.08. The third-order valence-electron chi connectivity index (χ3n) is 3.13. The minimum atomic E-state index is -1.46. The van der Waals surface area contributed by atoms with Crippen LogP contribution in [0.5, 0.6) is 0 Å². The number of carbonyl (C=O) groups excluding carboxylic acids is 2. The zero-order valence-corrected chi connectivity index (χ0v) is 14.2. The number of benzene rings is 2. The first-order chi connectivity index (χ1) is 11.4. The first-order valence-corrected chi connectivity index (χ1v) is 7.83. The second kappa shape index (κ2) is 8.15. The Kier molecular flexibility index (Phi) is 6.20. The van der Waals surface area contributed by atoms with E-state index in [2.05, 4.69) is 5.32 Å². The van der Waals surface area contributed by atoms with Gasteiger partial charge in [0.05, 0.1) is 0 Å². The number of rotatable bonds is 5. The predicted octanol–water partition coefficient (Wildman–Crippen LogP) is 3.60. The molecule has 0 radical (unpaired) electrons. The summed E-state index contributed by atoms with van der Waals surface area (Å²) in [6.45, 7) is 1.40. The smallest absolute Gasteiger partial charge is 0.340 e. The van der Waals surface area contributed by atoms with Crippen LogP contribution in [0.25, 0.3) is 0 Å². The van der Waals surface area contributed by atoms with Crippen molar-refractivity contribution in [1.82, 2.24) is 0 Å². The predicted molar refractivity (Wildman–Crippen MR) is 92.0 cm³/mol. The summed E-state index contributed by atoms with van der Waals surface area (Å²) >= 11 is 11.7. The maximum Gasteiger partial charge on any atom is 0.340 e. The Bertz CT molecular complexity index is 716. The molecule has 0 aliphatic heterocycles. The molecule has 0 unspecified atom stereocenters. The number of amides is 1. The van der Waals surface area contributed by atoms with Crippen molar-refractivity contribution in [3.8, 4) is 0 Å². The molecule has 2 rings (SSSR count). The highest BCUT2D eigenvalue weighted by Gasteiger charge is 2.24. The normalized spacial score (nSPS) is 13.0. The molecule has 0 aliphatic rings. The number of carbonyl (C=O) groups is 2. The average molecular weight is 368 g/mol. The fraction of sp³-hybridized carbons (Fsp3) is 0.176. The van der Waals surface area contributed by atoms with Gasteiger partial charge in [-0.3, -0.25) is 4.79 Å². The maximum atomic E-state index is 12.1. The van der Waals surface area contributed by atoms with Crippen LogP contribution in [-0.2, 0) is 14.3 Å². The van der Waals surface area contributed by atoms with Gasteiger partial charge in [0.2, 0.25) is 0 Å². The fourth-order valence-electron chi connectivity index (χ4n) is 1.93. The Labute approximate surface area is 149 Å². The molecule has 1 amide bonds. The highest BCUT2D eigenvalue weighted by atomic mass is 35.5. The Morgan fingerprint density at radius 1 is 1.08 bits per heavy atom. The SMILES string of the molecule is C[C@@H](OC(=O)[C@@H](O)c1ccccc1)C(=O)Nc1cc(Cl)cc(Cl)c1. The fourth-order valence-corrected chi connectivity index (χ4v) is 2.46. The lowest BCUT2D eigenvalue weighted by atomic mass is 10.1. The number of nitrogens with one attached hydrogen (secondary N) is 1. The van der Waals surface area contributed by atoms with Crippen molar-refractivity contribution in [1.29, 1.82) is 0 Å². The number of anilines is 1. The summed E-state index contributed by atoms with van der Waals surface area (Å²) in [5, 5.41) is 13.2. The van der Waals surface area contributed by atoms with Crippen molar-refractivity contribution < 1.29 is 19.4 Å². The van der Waals surface area contributed by atoms with Gasteiger partial charge in [0.25, 0.3) is 5.91 Å². The number of hydrogen-bond donors (Lipinski definition) is 2. The number of halogens is 2. The molecule has 126 valence electrons. The van der Waals surface area contributed by atoms with Crippen LogP contribution in [0.4, 0.5) is 5.69 Å². The Balaban J connectivity index is 1.97. The van der Waals surface area contributed by atoms with E-state index in [1.165, 1.54) is 25.1 Å². The summed E-state index contributed by atoms with van der Waals surface area (Å²) in [4.78, 5) is 24.0. The summed E-state index contributed by atoms with van der Waals surface area (Å²) in [7, 11) is 0. The first-order valence-electron chi connectivity index (χ1n) is 7.07. The standard InChI is InChI=1S/C17H15Cl2NO4/c1-10(16(22)20-14-8-12(18)7-13(19)9-14)24-17(23)15(21)11-5-3-2-4-6-11/h2-10,15,21H,1H3,(H,20,22)/t10-,15+/m1/s1. The van der Waals surface area contributed by atoms with Gasteiger partial charge in [-0.2, -0.15) is 0 Å². The van der Waals surface area contributed by atoms with Gasteiger partial charge in [-0.15, -0.1) is 0 Å². The second-order valence-electron chi connectivity index (χ2n) is 5.04. The van der Waals surface area contributed by atoms with Crippen LogP contribution in [0.2, 0.25) is 10.0 Å². The van der Waals surface area contributed by atoms with Gasteiger partial charge in [-0.25, -0.2) is 4.79 Å². The van der Waals surface area contributed by atoms with E-state index in [9.17, 15) is 14.7 Å². The number of aliphatic hydroxyl groups excluding tert-OH is 1. The largest absolute Gasteiger partial charge is 0.450 e. The highest BCUT2D eigenvalue weighted by Crippen LogP contribution is 2.23. The topological polar surface area (TPSA) is 75.6 Å². The number of ether oxygens (including phenoxy) is 1. The van der Waals surface area contributed by atoms with Crippen molar-refractivity contribution in [3.63, 3.8) is 0 Å². The van der Waals surface area contributed by atoms with E-state index < -0.39 is 24.1 Å². The lowest BCUT2D eigenvalue weighted by Gasteiger charge is -2.16. The molecular weight excluding hydrogens is 353 g/mol. The summed E-state index contributed by atoms with van der Waals surface area (Å²) in [5.74, 6) is -1.48. The van der Waals surface area contributed by atoms with Gasteiger partial charge in [0.1, 0.15) is 0 Å². The monoisotopic (exact) mass is 367 g/mol. The quantitative estimate of drug-likeness (QED) is 0.791. The Morgan fingerprint density at radius 3 is 2.25 bits per heavy atom. The minimum Gasteiger partial charge on any atom is -0.450 e. The third kappa shape index (κ3) is 4.96. The molecule has 2 N–H and O–H groups in total. The summed E-state index contributed by atoms with van der Waals surface area (Å²) in [6, 6.07) is 12.9. The van der Waals surface area contributed by atoms with Gasteiger partial charge >= 0.3 is 5.97 Å². The number of aliphatic hydroxyl groups is 1. The van der Waals surface area contributed by atoms with Gasteiger partial charge in [-0.05, 0) is 30.7 Å². The first kappa shape index (κ1) is 18.3. The van der Waals surface area contributed by atoms with Gasteiger partial charge in [-0.1, -0.05) is 53.5 Å². The van der Waals surface area contributed by atoms with Crippen molar-refractivity contribution in [2.24, 2.45) is 0 Å². The minimum absolute atomic E-state index is 0.363. The van der Waals surface area contributed by atoms with Crippen molar-refractivity contribution >= 4 is 40.8 Å². The van der Waals surface area contributed by atoms with E-state index in [0.717, 1.165) is 0 Å². The molecule has 0 saturated heterocycles. The summed E-state index contributed by atoms with van der Waals surface area (Å²) in [6.07, 6.45) is -2.56. The second-order valence-corrected chi connectivity index (χ2v) is 5.91. The molecule has 0 bridgehead atoms. The molecule has 0 aliphatic carbocycles. The zero-order valence-electron chi connectivity index (χ0n) is 12.7. The van der Waals surface area contributed by atoms with E-state index in [-0.39, 0.29) is 0 Å². The maximum absolute atomic E-state index is 12.1. The highest BCUT2D eigenvalue weighted by molar-refractivity contribution is 6.35. The average Bonchev–Trinajstić information content (AvgIpc) is 2.53. The van der Waals surface area contributed by atoms with E-state index in [1.54, 1.807) is 30.3 Å². The number of hydrogen-bond acceptors (Lipinski definition) is 4. The van der Waals surface area contributed by atoms with Crippen molar-refractivity contribution in [2.75, 3.05) is 5.32 Å². The molecule has 0 spiro atoms. The molecular formula is C17H15Cl2NO4. The van der Waals surface area contributed by atoms with Gasteiger partial charge in [0.15, 0.2) is 12.2 Å². The van der Waals surface area contributed by atoms with Crippen LogP contribution >= 0.6 is 23.2 Å².